The summed E-state index contributed by atoms with van der Waals surface area (Å²) >= 11 is 2.87. The Morgan fingerprint density at radius 2 is 2.04 bits per heavy atom. The molecular weight excluding hydrogens is 344 g/mol. The zero-order chi connectivity index (χ0) is 17.1. The van der Waals surface area contributed by atoms with Gasteiger partial charge in [0.25, 0.3) is 5.91 Å². The van der Waals surface area contributed by atoms with Crippen molar-refractivity contribution in [2.24, 2.45) is 0 Å². The van der Waals surface area contributed by atoms with Crippen LogP contribution in [0.15, 0.2) is 35.7 Å². The number of benzene rings is 1. The fraction of sp³-hybridized carbons (Fsp3) is 0.235. The first kappa shape index (κ1) is 16.6. The predicted molar refractivity (Wildman–Crippen MR) is 95.4 cm³/mol. The minimum absolute atomic E-state index is 0.253. The Morgan fingerprint density at radius 1 is 1.25 bits per heavy atom. The number of esters is 1. The van der Waals surface area contributed by atoms with Gasteiger partial charge < -0.3 is 9.64 Å². The molecule has 124 valence electrons. The smallest absolute Gasteiger partial charge is 0.349 e. The van der Waals surface area contributed by atoms with E-state index < -0.39 is 5.97 Å². The van der Waals surface area contributed by atoms with E-state index in [4.69, 9.17) is 4.74 Å². The zero-order valence-corrected chi connectivity index (χ0v) is 14.9. The number of likely N-dealkylation sites (N-methyl/N-ethyl adjacent to an activating group) is 1. The Bertz CT molecular complexity index is 852. The van der Waals surface area contributed by atoms with Gasteiger partial charge in [0.05, 0.1) is 16.8 Å². The van der Waals surface area contributed by atoms with Gasteiger partial charge in [0.2, 0.25) is 0 Å². The monoisotopic (exact) mass is 360 g/mol. The minimum atomic E-state index is -0.454. The molecule has 0 aliphatic carbocycles. The van der Waals surface area contributed by atoms with Crippen LogP contribution in [0.5, 0.6) is 0 Å². The largest absolute Gasteiger partial charge is 0.451 e. The van der Waals surface area contributed by atoms with Crippen LogP contribution in [-0.4, -0.2) is 35.4 Å². The first-order valence-corrected chi connectivity index (χ1v) is 9.04. The van der Waals surface area contributed by atoms with E-state index in [1.54, 1.807) is 18.4 Å². The molecule has 0 bridgehead atoms. The Hall–Kier alpha value is -2.25. The second kappa shape index (κ2) is 7.11. The topological polar surface area (TPSA) is 59.5 Å². The highest BCUT2D eigenvalue weighted by Crippen LogP contribution is 2.22. The molecule has 1 amide bonds. The van der Waals surface area contributed by atoms with Crippen molar-refractivity contribution < 1.29 is 14.3 Å². The molecular formula is C17H16N2O3S2. The Balaban J connectivity index is 1.56. The van der Waals surface area contributed by atoms with Gasteiger partial charge in [-0.15, -0.1) is 22.7 Å². The molecule has 3 aromatic rings. The number of aromatic nitrogens is 1. The molecule has 0 fully saturated rings. The van der Waals surface area contributed by atoms with Gasteiger partial charge in [0, 0.05) is 7.05 Å². The van der Waals surface area contributed by atoms with E-state index in [0.717, 1.165) is 20.8 Å². The number of thiazole rings is 1. The van der Waals surface area contributed by atoms with Gasteiger partial charge in [-0.2, -0.15) is 0 Å². The van der Waals surface area contributed by atoms with E-state index in [-0.39, 0.29) is 12.5 Å². The van der Waals surface area contributed by atoms with E-state index in [9.17, 15) is 9.59 Å². The number of thiophene rings is 1. The maximum atomic E-state index is 12.2. The average molecular weight is 360 g/mol. The highest BCUT2D eigenvalue weighted by Gasteiger charge is 2.17. The molecule has 0 aliphatic rings. The molecule has 0 saturated carbocycles. The SMILES string of the molecule is Cc1ccsc1C(=O)OCC(=O)N(C)Cc1nc2ccccc2s1. The van der Waals surface area contributed by atoms with Crippen molar-refractivity contribution in [3.8, 4) is 0 Å². The van der Waals surface area contributed by atoms with E-state index in [1.165, 1.54) is 16.2 Å². The van der Waals surface area contributed by atoms with Crippen LogP contribution in [0.3, 0.4) is 0 Å². The normalized spacial score (nSPS) is 10.8. The average Bonchev–Trinajstić information content (AvgIpc) is 3.17. The number of rotatable bonds is 5. The van der Waals surface area contributed by atoms with Crippen LogP contribution in [0.2, 0.25) is 0 Å². The van der Waals surface area contributed by atoms with Crippen molar-refractivity contribution in [1.29, 1.82) is 0 Å². The van der Waals surface area contributed by atoms with Crippen LogP contribution < -0.4 is 0 Å². The van der Waals surface area contributed by atoms with Gasteiger partial charge >= 0.3 is 5.97 Å². The number of hydrogen-bond donors (Lipinski definition) is 0. The quantitative estimate of drug-likeness (QED) is 0.654. The lowest BCUT2D eigenvalue weighted by atomic mass is 10.3. The first-order chi connectivity index (χ1) is 11.5. The van der Waals surface area contributed by atoms with Crippen molar-refractivity contribution in [3.63, 3.8) is 0 Å². The number of fused-ring (bicyclic) bond motifs is 1. The van der Waals surface area contributed by atoms with Crippen molar-refractivity contribution >= 4 is 44.8 Å². The number of para-hydroxylation sites is 1. The highest BCUT2D eigenvalue weighted by atomic mass is 32.1. The molecule has 0 unspecified atom stereocenters. The number of hydrogen-bond acceptors (Lipinski definition) is 6. The number of carbonyl (C=O) groups excluding carboxylic acids is 2. The standard InChI is InChI=1S/C17H16N2O3S2/c1-11-7-8-23-16(11)17(21)22-10-15(20)19(2)9-14-18-12-5-3-4-6-13(12)24-14/h3-8H,9-10H2,1-2H3. The molecule has 2 aromatic heterocycles. The summed E-state index contributed by atoms with van der Waals surface area (Å²) in [6, 6.07) is 9.70. The molecule has 0 saturated heterocycles. The lowest BCUT2D eigenvalue weighted by Gasteiger charge is -2.15. The van der Waals surface area contributed by atoms with Gasteiger partial charge in [-0.3, -0.25) is 4.79 Å². The van der Waals surface area contributed by atoms with Crippen molar-refractivity contribution in [1.82, 2.24) is 9.88 Å². The third-order valence-corrected chi connectivity index (χ3v) is 5.53. The van der Waals surface area contributed by atoms with E-state index >= 15 is 0 Å². The van der Waals surface area contributed by atoms with Gasteiger partial charge in [0.15, 0.2) is 6.61 Å². The third kappa shape index (κ3) is 3.63. The van der Waals surface area contributed by atoms with Crippen molar-refractivity contribution in [2.45, 2.75) is 13.5 Å². The van der Waals surface area contributed by atoms with E-state index in [0.29, 0.717) is 11.4 Å². The maximum absolute atomic E-state index is 12.2. The van der Waals surface area contributed by atoms with Crippen LogP contribution >= 0.6 is 22.7 Å². The molecule has 7 heteroatoms. The molecule has 0 N–H and O–H groups in total. The van der Waals surface area contributed by atoms with Gasteiger partial charge in [-0.05, 0) is 36.1 Å². The van der Waals surface area contributed by atoms with Crippen LogP contribution in [0, 0.1) is 6.92 Å². The lowest BCUT2D eigenvalue weighted by Crippen LogP contribution is -2.30. The number of ether oxygens (including phenoxy) is 1. The molecule has 0 aliphatic heterocycles. The number of carbonyl (C=O) groups is 2. The van der Waals surface area contributed by atoms with Crippen LogP contribution in [0.1, 0.15) is 20.2 Å². The summed E-state index contributed by atoms with van der Waals surface area (Å²) in [6.45, 7) is 1.97. The molecule has 0 spiro atoms. The summed E-state index contributed by atoms with van der Waals surface area (Å²) in [6.07, 6.45) is 0. The van der Waals surface area contributed by atoms with E-state index in [1.807, 2.05) is 42.6 Å². The van der Waals surface area contributed by atoms with Crippen molar-refractivity contribution in [3.05, 3.63) is 51.2 Å². The minimum Gasteiger partial charge on any atom is -0.451 e. The summed E-state index contributed by atoms with van der Waals surface area (Å²) in [4.78, 5) is 30.6. The van der Waals surface area contributed by atoms with Gasteiger partial charge in [0.1, 0.15) is 9.88 Å². The van der Waals surface area contributed by atoms with Gasteiger partial charge in [-0.25, -0.2) is 9.78 Å². The van der Waals surface area contributed by atoms with Gasteiger partial charge in [-0.1, -0.05) is 12.1 Å². The molecule has 0 atom stereocenters. The second-order valence-electron chi connectivity index (χ2n) is 5.33. The lowest BCUT2D eigenvalue weighted by molar-refractivity contribution is -0.133. The molecule has 0 radical (unpaired) electrons. The number of aryl methyl sites for hydroxylation is 1. The number of amides is 1. The third-order valence-electron chi connectivity index (χ3n) is 3.51. The summed E-state index contributed by atoms with van der Waals surface area (Å²) in [5.41, 5.74) is 1.79. The first-order valence-electron chi connectivity index (χ1n) is 7.34. The Kier molecular flexibility index (Phi) is 4.92. The number of nitrogens with zero attached hydrogens (tertiary/aromatic N) is 2. The summed E-state index contributed by atoms with van der Waals surface area (Å²) in [5, 5.41) is 2.68. The van der Waals surface area contributed by atoms with Crippen molar-refractivity contribution in [2.75, 3.05) is 13.7 Å². The zero-order valence-electron chi connectivity index (χ0n) is 13.3. The summed E-state index contributed by atoms with van der Waals surface area (Å²) in [5.74, 6) is -0.707. The molecule has 2 heterocycles. The maximum Gasteiger partial charge on any atom is 0.349 e. The Labute approximate surface area is 147 Å². The summed E-state index contributed by atoms with van der Waals surface area (Å²) in [7, 11) is 1.68. The predicted octanol–water partition coefficient (Wildman–Crippen LogP) is 3.48. The fourth-order valence-corrected chi connectivity index (χ4v) is 4.00. The van der Waals surface area contributed by atoms with Crippen LogP contribution in [-0.2, 0) is 16.1 Å². The van der Waals surface area contributed by atoms with Crippen LogP contribution in [0.4, 0.5) is 0 Å². The molecule has 24 heavy (non-hydrogen) atoms. The highest BCUT2D eigenvalue weighted by molar-refractivity contribution is 7.18. The fourth-order valence-electron chi connectivity index (χ4n) is 2.16. The Morgan fingerprint density at radius 3 is 2.75 bits per heavy atom. The molecule has 5 nitrogen and oxygen atoms in total. The molecule has 3 rings (SSSR count). The summed E-state index contributed by atoms with van der Waals surface area (Å²) < 4.78 is 6.20. The second-order valence-corrected chi connectivity index (χ2v) is 7.37. The van der Waals surface area contributed by atoms with E-state index in [2.05, 4.69) is 4.98 Å². The molecule has 1 aromatic carbocycles. The van der Waals surface area contributed by atoms with Crippen LogP contribution in [0.25, 0.3) is 10.2 Å².